The quantitative estimate of drug-likeness (QED) is 0.163. The molecule has 9 heteroatoms. The Hall–Kier alpha value is -5.83. The van der Waals surface area contributed by atoms with Crippen molar-refractivity contribution < 1.29 is 19.0 Å². The third kappa shape index (κ3) is 6.63. The summed E-state index contributed by atoms with van der Waals surface area (Å²) >= 11 is 0. The first-order chi connectivity index (χ1) is 22.4. The second-order valence-corrected chi connectivity index (χ2v) is 10.9. The summed E-state index contributed by atoms with van der Waals surface area (Å²) in [7, 11) is 3.13. The number of imidazole rings is 1. The van der Waals surface area contributed by atoms with Crippen molar-refractivity contribution in [2.24, 2.45) is 7.05 Å². The van der Waals surface area contributed by atoms with Crippen LogP contribution >= 0.6 is 0 Å². The monoisotopic (exact) mass is 614 g/mol. The number of anilines is 2. The average Bonchev–Trinajstić information content (AvgIpc) is 3.33. The maximum absolute atomic E-state index is 13.7. The number of aryl methyl sites for hydroxylation is 2. The van der Waals surface area contributed by atoms with Crippen molar-refractivity contribution in [1.82, 2.24) is 14.1 Å². The average molecular weight is 615 g/mol. The Kier molecular flexibility index (Phi) is 8.82. The summed E-state index contributed by atoms with van der Waals surface area (Å²) in [6.07, 6.45) is 0.214. The molecule has 0 fully saturated rings. The fourth-order valence-corrected chi connectivity index (χ4v) is 5.25. The highest BCUT2D eigenvalue weighted by Crippen LogP contribution is 2.30. The molecule has 9 nitrogen and oxygen atoms in total. The van der Waals surface area contributed by atoms with Gasteiger partial charge in [-0.25, -0.2) is 4.79 Å². The van der Waals surface area contributed by atoms with E-state index in [1.807, 2.05) is 104 Å². The second kappa shape index (κ2) is 13.4. The molecule has 46 heavy (non-hydrogen) atoms. The predicted octanol–water partition coefficient (Wildman–Crippen LogP) is 6.65. The Balaban J connectivity index is 1.32. The second-order valence-electron chi connectivity index (χ2n) is 10.9. The third-order valence-corrected chi connectivity index (χ3v) is 7.71. The summed E-state index contributed by atoms with van der Waals surface area (Å²) in [4.78, 5) is 30.1. The van der Waals surface area contributed by atoms with E-state index in [-0.39, 0.29) is 30.6 Å². The number of hydrogen-bond acceptors (Lipinski definition) is 7. The number of rotatable bonds is 11. The number of benzene rings is 4. The highest BCUT2D eigenvalue weighted by Gasteiger charge is 2.19. The number of pyridine rings is 1. The van der Waals surface area contributed by atoms with Crippen LogP contribution in [-0.2, 0) is 36.2 Å². The number of ether oxygens (including phenoxy) is 3. The van der Waals surface area contributed by atoms with E-state index in [4.69, 9.17) is 19.2 Å². The largest absolute Gasteiger partial charge is 0.473 e. The van der Waals surface area contributed by atoms with Gasteiger partial charge in [0.1, 0.15) is 18.9 Å². The number of aromatic nitrogens is 3. The maximum Gasteiger partial charge on any atom is 0.333 e. The topological polar surface area (TPSA) is 96.6 Å². The number of carbonyl (C=O) groups excluding carboxylic acids is 1. The molecule has 4 aromatic carbocycles. The van der Waals surface area contributed by atoms with E-state index in [2.05, 4.69) is 5.32 Å². The van der Waals surface area contributed by atoms with E-state index in [0.717, 1.165) is 39.1 Å². The van der Waals surface area contributed by atoms with E-state index in [1.165, 1.54) is 7.11 Å². The van der Waals surface area contributed by atoms with Crippen molar-refractivity contribution in [1.29, 1.82) is 0 Å². The molecule has 2 heterocycles. The molecule has 6 rings (SSSR count). The molecule has 2 aromatic heterocycles. The standard InChI is InChI=1S/C37H34N4O5/c1-25-20-28(21-35(42)44-3)14-16-30(25)38-29-15-17-31-33(22-29)40(2)37(43)41(31)32-18-19-34(45-23-26-10-6-4-7-11-26)39-36(32)46-24-27-12-8-5-9-13-27/h4-20,22,38H,21,23-24H2,1-3H3. The van der Waals surface area contributed by atoms with Gasteiger partial charge in [0.15, 0.2) is 0 Å². The van der Waals surface area contributed by atoms with Crippen molar-refractivity contribution in [3.63, 3.8) is 0 Å². The van der Waals surface area contributed by atoms with Gasteiger partial charge in [-0.1, -0.05) is 72.8 Å². The molecule has 6 aromatic rings. The van der Waals surface area contributed by atoms with Crippen LogP contribution in [0.1, 0.15) is 22.3 Å². The van der Waals surface area contributed by atoms with Crippen LogP contribution in [0.2, 0.25) is 0 Å². The van der Waals surface area contributed by atoms with Crippen molar-refractivity contribution in [2.75, 3.05) is 12.4 Å². The zero-order chi connectivity index (χ0) is 32.0. The van der Waals surface area contributed by atoms with E-state index in [1.54, 1.807) is 28.3 Å². The van der Waals surface area contributed by atoms with Crippen LogP contribution in [0.15, 0.2) is 114 Å². The Morgan fingerprint density at radius 2 is 1.48 bits per heavy atom. The lowest BCUT2D eigenvalue weighted by atomic mass is 10.1. The molecular weight excluding hydrogens is 580 g/mol. The molecule has 0 saturated heterocycles. The number of hydrogen-bond donors (Lipinski definition) is 1. The van der Waals surface area contributed by atoms with Crippen molar-refractivity contribution in [3.05, 3.63) is 142 Å². The van der Waals surface area contributed by atoms with Crippen LogP contribution in [0.3, 0.4) is 0 Å². The zero-order valence-electron chi connectivity index (χ0n) is 25.9. The predicted molar refractivity (Wildman–Crippen MR) is 178 cm³/mol. The van der Waals surface area contributed by atoms with E-state index >= 15 is 0 Å². The first-order valence-corrected chi connectivity index (χ1v) is 14.9. The minimum Gasteiger partial charge on any atom is -0.473 e. The lowest BCUT2D eigenvalue weighted by Crippen LogP contribution is -2.21. The maximum atomic E-state index is 13.7. The van der Waals surface area contributed by atoms with Crippen LogP contribution in [-0.4, -0.2) is 27.2 Å². The van der Waals surface area contributed by atoms with Crippen LogP contribution in [0.5, 0.6) is 11.8 Å². The fourth-order valence-electron chi connectivity index (χ4n) is 5.25. The van der Waals surface area contributed by atoms with Gasteiger partial charge in [-0.3, -0.25) is 13.9 Å². The smallest absolute Gasteiger partial charge is 0.333 e. The number of carbonyl (C=O) groups is 1. The number of fused-ring (bicyclic) bond motifs is 1. The van der Waals surface area contributed by atoms with Gasteiger partial charge in [-0.15, -0.1) is 0 Å². The summed E-state index contributed by atoms with van der Waals surface area (Å²) < 4.78 is 20.2. The summed E-state index contributed by atoms with van der Waals surface area (Å²) in [6.45, 7) is 2.60. The lowest BCUT2D eigenvalue weighted by Gasteiger charge is -2.14. The summed E-state index contributed by atoms with van der Waals surface area (Å²) in [5, 5.41) is 3.45. The van der Waals surface area contributed by atoms with Gasteiger partial charge in [0.2, 0.25) is 11.8 Å². The molecule has 0 atom stereocenters. The zero-order valence-corrected chi connectivity index (χ0v) is 25.9. The minimum atomic E-state index is -0.283. The Bertz CT molecular complexity index is 2050. The normalized spacial score (nSPS) is 10.9. The van der Waals surface area contributed by atoms with Gasteiger partial charge in [-0.2, -0.15) is 4.98 Å². The van der Waals surface area contributed by atoms with Crippen molar-refractivity contribution >= 4 is 28.4 Å². The van der Waals surface area contributed by atoms with Gasteiger partial charge in [0, 0.05) is 24.5 Å². The van der Waals surface area contributed by atoms with Crippen LogP contribution in [0.4, 0.5) is 11.4 Å². The first-order valence-electron chi connectivity index (χ1n) is 14.9. The molecule has 1 N–H and O–H groups in total. The molecule has 0 unspecified atom stereocenters. The third-order valence-electron chi connectivity index (χ3n) is 7.71. The summed E-state index contributed by atoms with van der Waals surface area (Å²) in [5.74, 6) is 0.395. The first kappa shape index (κ1) is 30.2. The van der Waals surface area contributed by atoms with Crippen LogP contribution in [0.25, 0.3) is 16.7 Å². The molecule has 0 aliphatic carbocycles. The Morgan fingerprint density at radius 1 is 0.783 bits per heavy atom. The number of nitrogens with one attached hydrogen (secondary N) is 1. The van der Waals surface area contributed by atoms with Gasteiger partial charge in [-0.05, 0) is 59.5 Å². The summed E-state index contributed by atoms with van der Waals surface area (Å²) in [6, 6.07) is 34.8. The van der Waals surface area contributed by atoms with Crippen LogP contribution in [0, 0.1) is 6.92 Å². The number of methoxy groups -OCH3 is 1. The Morgan fingerprint density at radius 3 is 2.15 bits per heavy atom. The molecule has 0 aliphatic rings. The van der Waals surface area contributed by atoms with Gasteiger partial charge < -0.3 is 19.5 Å². The molecular formula is C37H34N4O5. The molecule has 0 amide bonds. The highest BCUT2D eigenvalue weighted by atomic mass is 16.5. The van der Waals surface area contributed by atoms with Gasteiger partial charge in [0.05, 0.1) is 24.6 Å². The molecule has 0 spiro atoms. The van der Waals surface area contributed by atoms with E-state index in [0.29, 0.717) is 23.7 Å². The van der Waals surface area contributed by atoms with E-state index in [9.17, 15) is 9.59 Å². The Labute approximate surface area is 266 Å². The molecule has 0 bridgehead atoms. The lowest BCUT2D eigenvalue weighted by molar-refractivity contribution is -0.139. The van der Waals surface area contributed by atoms with Crippen LogP contribution < -0.4 is 20.5 Å². The number of nitrogens with zero attached hydrogens (tertiary/aromatic N) is 3. The SMILES string of the molecule is COC(=O)Cc1ccc(Nc2ccc3c(c2)n(C)c(=O)n3-c2ccc(OCc3ccccc3)nc2OCc2ccccc2)c(C)c1. The van der Waals surface area contributed by atoms with Crippen molar-refractivity contribution in [2.45, 2.75) is 26.6 Å². The molecule has 0 aliphatic heterocycles. The molecule has 232 valence electrons. The van der Waals surface area contributed by atoms with Gasteiger partial charge in [0.25, 0.3) is 0 Å². The summed E-state index contributed by atoms with van der Waals surface area (Å²) in [5.41, 5.74) is 7.25. The minimum absolute atomic E-state index is 0.214. The van der Waals surface area contributed by atoms with Gasteiger partial charge >= 0.3 is 11.7 Å². The molecule has 0 radical (unpaired) electrons. The fraction of sp³-hybridized carbons (Fsp3) is 0.162. The number of esters is 1. The van der Waals surface area contributed by atoms with Crippen molar-refractivity contribution in [3.8, 4) is 17.4 Å². The highest BCUT2D eigenvalue weighted by molar-refractivity contribution is 5.84. The molecule has 0 saturated carbocycles. The van der Waals surface area contributed by atoms with E-state index < -0.39 is 0 Å².